The average molecular weight is 297 g/mol. The number of nitrogens with one attached hydrogen (secondary N) is 1. The molecule has 1 N–H and O–H groups in total. The van der Waals surface area contributed by atoms with E-state index in [4.69, 9.17) is 9.47 Å². The van der Waals surface area contributed by atoms with Crippen molar-refractivity contribution in [2.45, 2.75) is 40.3 Å². The zero-order valence-corrected chi connectivity index (χ0v) is 13.7. The van der Waals surface area contributed by atoms with E-state index in [1.54, 1.807) is 17.8 Å². The van der Waals surface area contributed by atoms with E-state index in [1.165, 1.54) is 0 Å². The van der Waals surface area contributed by atoms with Gasteiger partial charge in [-0.2, -0.15) is 5.10 Å². The van der Waals surface area contributed by atoms with Crippen LogP contribution in [0.3, 0.4) is 0 Å². The third-order valence-corrected chi connectivity index (χ3v) is 3.39. The van der Waals surface area contributed by atoms with Crippen molar-refractivity contribution in [2.75, 3.05) is 19.8 Å². The molecule has 120 valence electrons. The molecule has 0 aliphatic heterocycles. The zero-order valence-electron chi connectivity index (χ0n) is 13.7. The number of rotatable bonds is 9. The van der Waals surface area contributed by atoms with Crippen LogP contribution in [-0.2, 0) is 23.1 Å². The minimum Gasteiger partial charge on any atom is -0.462 e. The van der Waals surface area contributed by atoms with Crippen LogP contribution in [0.4, 0.5) is 0 Å². The minimum absolute atomic E-state index is 0.231. The van der Waals surface area contributed by atoms with Crippen LogP contribution < -0.4 is 5.32 Å². The maximum absolute atomic E-state index is 11.9. The number of aromatic nitrogens is 2. The summed E-state index contributed by atoms with van der Waals surface area (Å²) in [7, 11) is 1.83. The Hall–Kier alpha value is -1.40. The summed E-state index contributed by atoms with van der Waals surface area (Å²) in [5.74, 6) is 0.115. The summed E-state index contributed by atoms with van der Waals surface area (Å²) in [5, 5.41) is 7.59. The van der Waals surface area contributed by atoms with Crippen molar-refractivity contribution in [2.24, 2.45) is 13.0 Å². The number of esters is 1. The number of hydrogen-bond donors (Lipinski definition) is 1. The van der Waals surface area contributed by atoms with Crippen molar-refractivity contribution in [1.82, 2.24) is 15.1 Å². The summed E-state index contributed by atoms with van der Waals surface area (Å²) in [6.45, 7) is 10.3. The summed E-state index contributed by atoms with van der Waals surface area (Å²) in [6, 6.07) is 0.231. The lowest BCUT2D eigenvalue weighted by Crippen LogP contribution is -2.38. The normalized spacial score (nSPS) is 12.7. The molecule has 21 heavy (non-hydrogen) atoms. The van der Waals surface area contributed by atoms with Crippen LogP contribution in [0.2, 0.25) is 0 Å². The number of aryl methyl sites for hydroxylation is 1. The number of carbonyl (C=O) groups is 1. The Bertz CT molecular complexity index is 443. The summed E-state index contributed by atoms with van der Waals surface area (Å²) >= 11 is 0. The molecule has 0 fully saturated rings. The fourth-order valence-corrected chi connectivity index (χ4v) is 2.01. The lowest BCUT2D eigenvalue weighted by molar-refractivity contribution is 0.0524. The van der Waals surface area contributed by atoms with Gasteiger partial charge in [-0.25, -0.2) is 4.79 Å². The molecule has 0 aliphatic carbocycles. The molecule has 0 amide bonds. The largest absolute Gasteiger partial charge is 0.462 e. The smallest absolute Gasteiger partial charge is 0.341 e. The molecule has 0 radical (unpaired) electrons. The first-order chi connectivity index (χ1) is 10.0. The van der Waals surface area contributed by atoms with E-state index < -0.39 is 0 Å². The van der Waals surface area contributed by atoms with Gasteiger partial charge >= 0.3 is 5.97 Å². The molecule has 1 rings (SSSR count). The zero-order chi connectivity index (χ0) is 15.8. The van der Waals surface area contributed by atoms with E-state index in [1.807, 2.05) is 14.0 Å². The first kappa shape index (κ1) is 17.7. The predicted molar refractivity (Wildman–Crippen MR) is 81.1 cm³/mol. The second kappa shape index (κ2) is 8.79. The first-order valence-electron chi connectivity index (χ1n) is 7.50. The summed E-state index contributed by atoms with van der Waals surface area (Å²) in [5.41, 5.74) is 1.35. The second-order valence-electron chi connectivity index (χ2n) is 5.24. The van der Waals surface area contributed by atoms with Crippen LogP contribution >= 0.6 is 0 Å². The third-order valence-electron chi connectivity index (χ3n) is 3.39. The second-order valence-corrected chi connectivity index (χ2v) is 5.24. The van der Waals surface area contributed by atoms with Crippen LogP contribution in [0.25, 0.3) is 0 Å². The number of hydrogen-bond acceptors (Lipinski definition) is 5. The number of ether oxygens (including phenoxy) is 2. The van der Waals surface area contributed by atoms with Crippen molar-refractivity contribution in [3.63, 3.8) is 0 Å². The maximum Gasteiger partial charge on any atom is 0.341 e. The summed E-state index contributed by atoms with van der Waals surface area (Å²) in [6.07, 6.45) is 1.56. The molecule has 1 unspecified atom stereocenters. The van der Waals surface area contributed by atoms with Crippen LogP contribution in [-0.4, -0.2) is 41.6 Å². The van der Waals surface area contributed by atoms with Gasteiger partial charge in [0.05, 0.1) is 25.1 Å². The molecular formula is C15H27N3O3. The quantitative estimate of drug-likeness (QED) is 0.703. The highest BCUT2D eigenvalue weighted by atomic mass is 16.5. The Morgan fingerprint density at radius 1 is 1.38 bits per heavy atom. The van der Waals surface area contributed by atoms with Gasteiger partial charge in [-0.15, -0.1) is 0 Å². The van der Waals surface area contributed by atoms with Crippen molar-refractivity contribution >= 4 is 5.97 Å². The number of carbonyl (C=O) groups excluding carboxylic acids is 1. The van der Waals surface area contributed by atoms with Crippen molar-refractivity contribution in [3.05, 3.63) is 17.5 Å². The molecule has 0 spiro atoms. The molecule has 1 atom stereocenters. The third kappa shape index (κ3) is 5.13. The van der Waals surface area contributed by atoms with Crippen LogP contribution in [0.15, 0.2) is 6.20 Å². The Morgan fingerprint density at radius 3 is 2.67 bits per heavy atom. The Kier molecular flexibility index (Phi) is 7.39. The van der Waals surface area contributed by atoms with Gasteiger partial charge in [-0.05, 0) is 19.8 Å². The lowest BCUT2D eigenvalue weighted by atomic mass is 10.1. The molecule has 6 nitrogen and oxygen atoms in total. The Labute approximate surface area is 126 Å². The van der Waals surface area contributed by atoms with E-state index in [0.29, 0.717) is 37.8 Å². The molecule has 0 bridgehead atoms. The standard InChI is InChI=1S/C15H27N3O3/c1-6-20-10-13(11(3)4)16-9-14-12(8-17-18(14)5)15(19)21-7-2/h8,11,13,16H,6-7,9-10H2,1-5H3. The highest BCUT2D eigenvalue weighted by molar-refractivity contribution is 5.90. The Morgan fingerprint density at radius 2 is 2.10 bits per heavy atom. The molecular weight excluding hydrogens is 270 g/mol. The highest BCUT2D eigenvalue weighted by Crippen LogP contribution is 2.11. The number of nitrogens with zero attached hydrogens (tertiary/aromatic N) is 2. The molecule has 1 aromatic rings. The molecule has 0 saturated carbocycles. The van der Waals surface area contributed by atoms with Gasteiger partial charge in [0.1, 0.15) is 5.56 Å². The van der Waals surface area contributed by atoms with Gasteiger partial charge in [0.25, 0.3) is 0 Å². The highest BCUT2D eigenvalue weighted by Gasteiger charge is 2.19. The van der Waals surface area contributed by atoms with Gasteiger partial charge in [0, 0.05) is 26.2 Å². The van der Waals surface area contributed by atoms with Gasteiger partial charge < -0.3 is 14.8 Å². The fourth-order valence-electron chi connectivity index (χ4n) is 2.01. The van der Waals surface area contributed by atoms with Gasteiger partial charge in [0.15, 0.2) is 0 Å². The van der Waals surface area contributed by atoms with Gasteiger partial charge in [0.2, 0.25) is 0 Å². The summed E-state index contributed by atoms with van der Waals surface area (Å²) in [4.78, 5) is 11.9. The van der Waals surface area contributed by atoms with Crippen molar-refractivity contribution in [3.8, 4) is 0 Å². The first-order valence-corrected chi connectivity index (χ1v) is 7.50. The molecule has 6 heteroatoms. The summed E-state index contributed by atoms with van der Waals surface area (Å²) < 4.78 is 12.3. The van der Waals surface area contributed by atoms with E-state index in [0.717, 1.165) is 5.69 Å². The van der Waals surface area contributed by atoms with Crippen LogP contribution in [0.1, 0.15) is 43.7 Å². The van der Waals surface area contributed by atoms with Crippen LogP contribution in [0, 0.1) is 5.92 Å². The molecule has 0 aliphatic rings. The molecule has 0 saturated heterocycles. The maximum atomic E-state index is 11.9. The van der Waals surface area contributed by atoms with Crippen molar-refractivity contribution in [1.29, 1.82) is 0 Å². The van der Waals surface area contributed by atoms with E-state index in [-0.39, 0.29) is 12.0 Å². The lowest BCUT2D eigenvalue weighted by Gasteiger charge is -2.22. The van der Waals surface area contributed by atoms with E-state index in [9.17, 15) is 4.79 Å². The predicted octanol–water partition coefficient (Wildman–Crippen LogP) is 1.75. The SMILES string of the molecule is CCOCC(NCc1c(C(=O)OCC)cnn1C)C(C)C. The Balaban J connectivity index is 2.73. The van der Waals surface area contributed by atoms with Gasteiger partial charge in [-0.3, -0.25) is 4.68 Å². The molecule has 1 heterocycles. The van der Waals surface area contributed by atoms with E-state index >= 15 is 0 Å². The van der Waals surface area contributed by atoms with E-state index in [2.05, 4.69) is 24.3 Å². The van der Waals surface area contributed by atoms with Gasteiger partial charge in [-0.1, -0.05) is 13.8 Å². The molecule has 0 aromatic carbocycles. The fraction of sp³-hybridized carbons (Fsp3) is 0.733. The van der Waals surface area contributed by atoms with Crippen molar-refractivity contribution < 1.29 is 14.3 Å². The monoisotopic (exact) mass is 297 g/mol. The minimum atomic E-state index is -0.326. The molecule has 1 aromatic heterocycles. The average Bonchev–Trinajstić information content (AvgIpc) is 2.80. The van der Waals surface area contributed by atoms with Crippen LogP contribution in [0.5, 0.6) is 0 Å². The topological polar surface area (TPSA) is 65.4 Å².